The van der Waals surface area contributed by atoms with Crippen LogP contribution in [-0.2, 0) is 12.6 Å². The van der Waals surface area contributed by atoms with Gasteiger partial charge in [-0.05, 0) is 36.6 Å². The summed E-state index contributed by atoms with van der Waals surface area (Å²) in [5.41, 5.74) is 2.57. The van der Waals surface area contributed by atoms with Crippen molar-refractivity contribution in [3.8, 4) is 11.3 Å². The highest BCUT2D eigenvalue weighted by molar-refractivity contribution is 6.00. The van der Waals surface area contributed by atoms with E-state index in [4.69, 9.17) is 0 Å². The van der Waals surface area contributed by atoms with E-state index in [-0.39, 0.29) is 0 Å². The lowest BCUT2D eigenvalue weighted by Gasteiger charge is -2.13. The molecule has 0 radical (unpaired) electrons. The number of alkyl halides is 3. The average Bonchev–Trinajstić information content (AvgIpc) is 2.78. The molecule has 0 atom stereocenters. The summed E-state index contributed by atoms with van der Waals surface area (Å²) in [5.74, 6) is 0.415. The van der Waals surface area contributed by atoms with Crippen LogP contribution in [0.4, 0.5) is 24.7 Å². The Bertz CT molecular complexity index is 1180. The minimum absolute atomic E-state index is 0.308. The van der Waals surface area contributed by atoms with E-state index in [9.17, 15) is 13.2 Å². The highest BCUT2D eigenvalue weighted by atomic mass is 19.4. The molecule has 0 bridgehead atoms. The predicted octanol–water partition coefficient (Wildman–Crippen LogP) is 7.40. The quantitative estimate of drug-likeness (QED) is 0.352. The third-order valence-corrected chi connectivity index (χ3v) is 5.19. The summed E-state index contributed by atoms with van der Waals surface area (Å²) < 4.78 is 39.1. The van der Waals surface area contributed by atoms with Crippen LogP contribution in [0.5, 0.6) is 0 Å². The molecular weight excluding hydrogens is 399 g/mol. The van der Waals surface area contributed by atoms with Gasteiger partial charge in [-0.25, -0.2) is 0 Å². The summed E-state index contributed by atoms with van der Waals surface area (Å²) in [5, 5.41) is 13.4. The lowest BCUT2D eigenvalue weighted by molar-refractivity contribution is -0.137. The van der Waals surface area contributed by atoms with E-state index >= 15 is 0 Å². The highest BCUT2D eigenvalue weighted by Gasteiger charge is 2.30. The van der Waals surface area contributed by atoms with Gasteiger partial charge in [0.05, 0.1) is 5.56 Å². The summed E-state index contributed by atoms with van der Waals surface area (Å²) in [4.78, 5) is 0. The number of rotatable bonds is 6. The number of aromatic nitrogens is 2. The number of anilines is 2. The monoisotopic (exact) mass is 421 g/mol. The Morgan fingerprint density at radius 3 is 2.29 bits per heavy atom. The molecule has 1 aromatic heterocycles. The molecule has 4 rings (SSSR count). The second-order valence-electron chi connectivity index (χ2n) is 7.45. The molecule has 158 valence electrons. The summed E-state index contributed by atoms with van der Waals surface area (Å²) in [6.07, 6.45) is -1.06. The van der Waals surface area contributed by atoms with Gasteiger partial charge in [-0.3, -0.25) is 0 Å². The lowest BCUT2D eigenvalue weighted by atomic mass is 10.0. The molecule has 0 saturated carbocycles. The Labute approximate surface area is 179 Å². The summed E-state index contributed by atoms with van der Waals surface area (Å²) in [6, 6.07) is 21.0. The normalized spacial score (nSPS) is 11.6. The van der Waals surface area contributed by atoms with E-state index in [0.717, 1.165) is 53.4 Å². The van der Waals surface area contributed by atoms with Crippen molar-refractivity contribution in [2.24, 2.45) is 0 Å². The van der Waals surface area contributed by atoms with Crippen molar-refractivity contribution in [3.63, 3.8) is 0 Å². The molecule has 0 amide bonds. The van der Waals surface area contributed by atoms with Crippen LogP contribution in [0.3, 0.4) is 0 Å². The lowest BCUT2D eigenvalue weighted by Crippen LogP contribution is -2.05. The summed E-state index contributed by atoms with van der Waals surface area (Å²) >= 11 is 0. The number of hydrogen-bond donors (Lipinski definition) is 1. The molecule has 0 saturated heterocycles. The standard InChI is InChI=1S/C25H22F3N3/c1-2-3-7-17-12-14-18(15-13-17)23-21-10-4-5-11-22(21)24(31-30-23)29-20-9-6-8-19(16-20)25(26,27)28/h4-6,8-16H,2-3,7H2,1H3,(H,29,31). The van der Waals surface area contributed by atoms with Crippen LogP contribution in [0.1, 0.15) is 30.9 Å². The van der Waals surface area contributed by atoms with Crippen LogP contribution < -0.4 is 5.32 Å². The zero-order valence-corrected chi connectivity index (χ0v) is 17.1. The van der Waals surface area contributed by atoms with Gasteiger partial charge in [0, 0.05) is 22.0 Å². The molecule has 0 aliphatic rings. The van der Waals surface area contributed by atoms with Gasteiger partial charge < -0.3 is 5.32 Å². The van der Waals surface area contributed by atoms with Crippen molar-refractivity contribution in [2.45, 2.75) is 32.4 Å². The number of fused-ring (bicyclic) bond motifs is 1. The summed E-state index contributed by atoms with van der Waals surface area (Å²) in [6.45, 7) is 2.17. The highest BCUT2D eigenvalue weighted by Crippen LogP contribution is 2.34. The fraction of sp³-hybridized carbons (Fsp3) is 0.200. The number of nitrogens with zero attached hydrogens (tertiary/aromatic N) is 2. The SMILES string of the molecule is CCCCc1ccc(-c2nnc(Nc3cccc(C(F)(F)F)c3)c3ccccc23)cc1. The first-order chi connectivity index (χ1) is 15.0. The zero-order valence-electron chi connectivity index (χ0n) is 17.1. The molecule has 4 aromatic rings. The topological polar surface area (TPSA) is 37.8 Å². The third kappa shape index (κ3) is 4.68. The van der Waals surface area contributed by atoms with Gasteiger partial charge in [-0.1, -0.05) is 67.9 Å². The maximum absolute atomic E-state index is 13.0. The van der Waals surface area contributed by atoms with Crippen LogP contribution in [-0.4, -0.2) is 10.2 Å². The van der Waals surface area contributed by atoms with Crippen molar-refractivity contribution in [1.82, 2.24) is 10.2 Å². The molecule has 0 fully saturated rings. The van der Waals surface area contributed by atoms with Crippen molar-refractivity contribution in [3.05, 3.63) is 83.9 Å². The molecule has 6 heteroatoms. The van der Waals surface area contributed by atoms with Crippen LogP contribution in [0.15, 0.2) is 72.8 Å². The molecule has 3 aromatic carbocycles. The van der Waals surface area contributed by atoms with E-state index < -0.39 is 11.7 Å². The molecule has 31 heavy (non-hydrogen) atoms. The molecule has 0 aliphatic carbocycles. The Morgan fingerprint density at radius 2 is 1.58 bits per heavy atom. The Kier molecular flexibility index (Phi) is 5.89. The first kappa shape index (κ1) is 20.8. The molecule has 0 spiro atoms. The number of nitrogens with one attached hydrogen (secondary N) is 1. The maximum atomic E-state index is 13.0. The minimum Gasteiger partial charge on any atom is -0.338 e. The van der Waals surface area contributed by atoms with Crippen molar-refractivity contribution >= 4 is 22.3 Å². The largest absolute Gasteiger partial charge is 0.416 e. The first-order valence-corrected chi connectivity index (χ1v) is 10.2. The molecular formula is C25H22F3N3. The van der Waals surface area contributed by atoms with E-state index in [0.29, 0.717) is 11.5 Å². The molecule has 0 unspecified atom stereocenters. The minimum atomic E-state index is -4.40. The van der Waals surface area contributed by atoms with E-state index in [1.807, 2.05) is 36.4 Å². The van der Waals surface area contributed by atoms with Gasteiger partial charge in [0.15, 0.2) is 5.82 Å². The van der Waals surface area contributed by atoms with Crippen LogP contribution in [0.2, 0.25) is 0 Å². The average molecular weight is 421 g/mol. The second kappa shape index (κ2) is 8.76. The number of aryl methyl sites for hydroxylation is 1. The smallest absolute Gasteiger partial charge is 0.338 e. The maximum Gasteiger partial charge on any atom is 0.416 e. The van der Waals surface area contributed by atoms with Crippen molar-refractivity contribution < 1.29 is 13.2 Å². The summed E-state index contributed by atoms with van der Waals surface area (Å²) in [7, 11) is 0. The zero-order chi connectivity index (χ0) is 21.8. The number of halogens is 3. The van der Waals surface area contributed by atoms with Gasteiger partial charge in [-0.15, -0.1) is 10.2 Å². The van der Waals surface area contributed by atoms with Gasteiger partial charge in [-0.2, -0.15) is 13.2 Å². The van der Waals surface area contributed by atoms with Gasteiger partial charge in [0.25, 0.3) is 0 Å². The molecule has 3 nitrogen and oxygen atoms in total. The fourth-order valence-corrected chi connectivity index (χ4v) is 3.53. The van der Waals surface area contributed by atoms with Crippen molar-refractivity contribution in [2.75, 3.05) is 5.32 Å². The Balaban J connectivity index is 1.69. The fourth-order valence-electron chi connectivity index (χ4n) is 3.53. The predicted molar refractivity (Wildman–Crippen MR) is 118 cm³/mol. The second-order valence-corrected chi connectivity index (χ2v) is 7.45. The van der Waals surface area contributed by atoms with Gasteiger partial charge in [0.1, 0.15) is 5.69 Å². The van der Waals surface area contributed by atoms with Crippen LogP contribution in [0.25, 0.3) is 22.0 Å². The Hall–Kier alpha value is -3.41. The van der Waals surface area contributed by atoms with Crippen LogP contribution >= 0.6 is 0 Å². The number of unbranched alkanes of at least 4 members (excludes halogenated alkanes) is 1. The van der Waals surface area contributed by atoms with Gasteiger partial charge in [0.2, 0.25) is 0 Å². The van der Waals surface area contributed by atoms with E-state index in [1.165, 1.54) is 11.6 Å². The Morgan fingerprint density at radius 1 is 0.839 bits per heavy atom. The van der Waals surface area contributed by atoms with E-state index in [1.54, 1.807) is 6.07 Å². The number of hydrogen-bond acceptors (Lipinski definition) is 3. The third-order valence-electron chi connectivity index (χ3n) is 5.19. The molecule has 1 N–H and O–H groups in total. The number of benzene rings is 3. The van der Waals surface area contributed by atoms with Crippen LogP contribution in [0, 0.1) is 0 Å². The molecule has 0 aliphatic heterocycles. The first-order valence-electron chi connectivity index (χ1n) is 10.2. The van der Waals surface area contributed by atoms with E-state index in [2.05, 4.69) is 34.6 Å². The van der Waals surface area contributed by atoms with Gasteiger partial charge >= 0.3 is 6.18 Å². The van der Waals surface area contributed by atoms with Crippen molar-refractivity contribution in [1.29, 1.82) is 0 Å². The molecule has 1 heterocycles.